The Kier molecular flexibility index (Phi) is 4.87. The van der Waals surface area contributed by atoms with Crippen molar-refractivity contribution in [2.24, 2.45) is 0 Å². The Morgan fingerprint density at radius 1 is 1.19 bits per heavy atom. The van der Waals surface area contributed by atoms with Crippen molar-refractivity contribution in [1.82, 2.24) is 25.0 Å². The number of nitrogens with zero attached hydrogens (tertiary/aromatic N) is 4. The van der Waals surface area contributed by atoms with Gasteiger partial charge in [-0.25, -0.2) is 14.2 Å². The quantitative estimate of drug-likeness (QED) is 0.487. The summed E-state index contributed by atoms with van der Waals surface area (Å²) in [5.74, 6) is 0.246. The number of carbonyl (C=O) groups excluding carboxylic acids is 1. The highest BCUT2D eigenvalue weighted by Gasteiger charge is 2.36. The van der Waals surface area contributed by atoms with E-state index in [4.69, 9.17) is 16.1 Å². The zero-order valence-corrected chi connectivity index (χ0v) is 16.8. The summed E-state index contributed by atoms with van der Waals surface area (Å²) in [5.41, 5.74) is 2.91. The molecule has 2 amide bonds. The molecule has 4 aromatic rings. The summed E-state index contributed by atoms with van der Waals surface area (Å²) in [6, 6.07) is 11.8. The van der Waals surface area contributed by atoms with Gasteiger partial charge >= 0.3 is 6.03 Å². The predicted octanol–water partition coefficient (Wildman–Crippen LogP) is 4.58. The Balaban J connectivity index is 1.44. The van der Waals surface area contributed by atoms with E-state index < -0.39 is 6.04 Å². The fourth-order valence-electron chi connectivity index (χ4n) is 3.49. The van der Waals surface area contributed by atoms with Gasteiger partial charge in [-0.3, -0.25) is 0 Å². The number of hydrogen-bond donors (Lipinski definition) is 2. The van der Waals surface area contributed by atoms with E-state index in [1.807, 2.05) is 0 Å². The topological polar surface area (TPSA) is 99.9 Å². The van der Waals surface area contributed by atoms with Crippen molar-refractivity contribution in [3.63, 3.8) is 0 Å². The van der Waals surface area contributed by atoms with Crippen LogP contribution in [0.1, 0.15) is 23.3 Å². The first-order valence-electron chi connectivity index (χ1n) is 9.50. The van der Waals surface area contributed by atoms with Gasteiger partial charge < -0.3 is 19.7 Å². The molecule has 5 rings (SSSR count). The maximum absolute atomic E-state index is 13.2. The average molecular weight is 439 g/mol. The number of fused-ring (bicyclic) bond motifs is 1. The Morgan fingerprint density at radius 3 is 2.74 bits per heavy atom. The molecule has 0 spiro atoms. The second-order valence-electron chi connectivity index (χ2n) is 7.08. The number of hydrogen-bond acceptors (Lipinski definition) is 5. The molecule has 1 atom stereocenters. The number of urea groups is 1. The molecule has 3 heterocycles. The molecule has 0 saturated heterocycles. The zero-order valence-electron chi connectivity index (χ0n) is 16.0. The van der Waals surface area contributed by atoms with Gasteiger partial charge in [-0.1, -0.05) is 16.8 Å². The average Bonchev–Trinajstić information content (AvgIpc) is 3.44. The normalized spacial score (nSPS) is 15.5. The van der Waals surface area contributed by atoms with E-state index in [0.29, 0.717) is 35.1 Å². The van der Waals surface area contributed by atoms with E-state index in [2.05, 4.69) is 25.4 Å². The first kappa shape index (κ1) is 19.3. The highest BCUT2D eigenvalue weighted by atomic mass is 35.5. The number of halogens is 2. The van der Waals surface area contributed by atoms with Gasteiger partial charge in [0.25, 0.3) is 0 Å². The van der Waals surface area contributed by atoms with Crippen molar-refractivity contribution >= 4 is 23.3 Å². The number of rotatable bonds is 3. The lowest BCUT2D eigenvalue weighted by Crippen LogP contribution is -2.41. The van der Waals surface area contributed by atoms with Crippen molar-refractivity contribution in [3.8, 4) is 11.4 Å². The molecule has 10 heteroatoms. The highest BCUT2D eigenvalue weighted by Crippen LogP contribution is 2.32. The first-order valence-corrected chi connectivity index (χ1v) is 9.88. The van der Waals surface area contributed by atoms with Crippen LogP contribution < -0.4 is 5.32 Å². The summed E-state index contributed by atoms with van der Waals surface area (Å²) >= 11 is 5.92. The van der Waals surface area contributed by atoms with E-state index in [-0.39, 0.29) is 17.7 Å². The van der Waals surface area contributed by atoms with Crippen LogP contribution in [0.15, 0.2) is 59.4 Å². The number of H-pyrrole nitrogens is 1. The minimum Gasteiger partial charge on any atom is -0.347 e. The van der Waals surface area contributed by atoms with E-state index in [1.54, 1.807) is 47.6 Å². The number of aromatic nitrogens is 4. The Labute approximate surface area is 181 Å². The number of anilines is 1. The van der Waals surface area contributed by atoms with Crippen LogP contribution in [0.5, 0.6) is 0 Å². The van der Waals surface area contributed by atoms with Crippen molar-refractivity contribution in [2.75, 3.05) is 5.32 Å². The maximum atomic E-state index is 13.2. The van der Waals surface area contributed by atoms with E-state index >= 15 is 0 Å². The molecular weight excluding hydrogens is 423 g/mol. The molecule has 0 radical (unpaired) electrons. The second-order valence-corrected chi connectivity index (χ2v) is 7.51. The number of amides is 2. The monoisotopic (exact) mass is 438 g/mol. The van der Waals surface area contributed by atoms with Crippen molar-refractivity contribution < 1.29 is 13.7 Å². The van der Waals surface area contributed by atoms with Gasteiger partial charge in [0.1, 0.15) is 11.9 Å². The number of benzene rings is 2. The van der Waals surface area contributed by atoms with Crippen LogP contribution in [0, 0.1) is 5.82 Å². The van der Waals surface area contributed by atoms with E-state index in [9.17, 15) is 9.18 Å². The fraction of sp³-hybridized carbons (Fsp3) is 0.143. The summed E-state index contributed by atoms with van der Waals surface area (Å²) in [6.45, 7) is 0.299. The summed E-state index contributed by atoms with van der Waals surface area (Å²) in [4.78, 5) is 26.6. The molecule has 2 aromatic carbocycles. The van der Waals surface area contributed by atoms with Crippen LogP contribution in [0.2, 0.25) is 5.02 Å². The molecule has 0 bridgehead atoms. The van der Waals surface area contributed by atoms with E-state index in [0.717, 1.165) is 11.4 Å². The third-order valence-electron chi connectivity index (χ3n) is 5.08. The summed E-state index contributed by atoms with van der Waals surface area (Å²) in [6.07, 6.45) is 2.01. The summed E-state index contributed by atoms with van der Waals surface area (Å²) in [5, 5.41) is 7.46. The molecule has 0 aliphatic carbocycles. The molecule has 2 N–H and O–H groups in total. The molecule has 2 aromatic heterocycles. The molecule has 156 valence electrons. The SMILES string of the molecule is O=C(Nc1ccc(Cl)cc1)N1Cc2[nH]cnc2CC1c1nc(-c2ccc(F)cc2)no1. The molecule has 1 aliphatic rings. The lowest BCUT2D eigenvalue weighted by Gasteiger charge is -2.32. The fourth-order valence-corrected chi connectivity index (χ4v) is 3.61. The third-order valence-corrected chi connectivity index (χ3v) is 5.34. The van der Waals surface area contributed by atoms with Crippen molar-refractivity contribution in [1.29, 1.82) is 0 Å². The highest BCUT2D eigenvalue weighted by molar-refractivity contribution is 6.30. The second kappa shape index (κ2) is 7.84. The van der Waals surface area contributed by atoms with Crippen LogP contribution in [-0.4, -0.2) is 31.0 Å². The maximum Gasteiger partial charge on any atom is 0.322 e. The number of aromatic amines is 1. The zero-order chi connectivity index (χ0) is 21.4. The molecule has 0 fully saturated rings. The minimum atomic E-state index is -0.509. The first-order chi connectivity index (χ1) is 15.1. The predicted molar refractivity (Wildman–Crippen MR) is 111 cm³/mol. The summed E-state index contributed by atoms with van der Waals surface area (Å²) < 4.78 is 18.7. The number of carbonyl (C=O) groups is 1. The van der Waals surface area contributed by atoms with Gasteiger partial charge in [0.15, 0.2) is 0 Å². The summed E-state index contributed by atoms with van der Waals surface area (Å²) in [7, 11) is 0. The van der Waals surface area contributed by atoms with Crippen molar-refractivity contribution in [3.05, 3.63) is 83.0 Å². The van der Waals surface area contributed by atoms with Gasteiger partial charge in [0.05, 0.1) is 24.3 Å². The standard InChI is InChI=1S/C21H16ClFN6O2/c22-13-3-7-15(8-4-13)26-21(30)29-10-17-16(24-11-25-17)9-18(29)20-27-19(28-31-20)12-1-5-14(23)6-2-12/h1-8,11,18H,9-10H2,(H,24,25)(H,26,30). The van der Waals surface area contributed by atoms with Crippen LogP contribution in [0.4, 0.5) is 14.9 Å². The molecule has 1 aliphatic heterocycles. The van der Waals surface area contributed by atoms with Crippen LogP contribution in [0.3, 0.4) is 0 Å². The Bertz CT molecular complexity index is 1220. The molecular formula is C21H16ClFN6O2. The Hall–Kier alpha value is -3.72. The van der Waals surface area contributed by atoms with Gasteiger partial charge in [-0.15, -0.1) is 0 Å². The lowest BCUT2D eigenvalue weighted by molar-refractivity contribution is 0.155. The van der Waals surface area contributed by atoms with Gasteiger partial charge in [0, 0.05) is 22.7 Å². The van der Waals surface area contributed by atoms with Gasteiger partial charge in [0.2, 0.25) is 11.7 Å². The van der Waals surface area contributed by atoms with Gasteiger partial charge in [-0.05, 0) is 48.5 Å². The molecule has 31 heavy (non-hydrogen) atoms. The minimum absolute atomic E-state index is 0.277. The number of imidazole rings is 1. The third kappa shape index (κ3) is 3.87. The lowest BCUT2D eigenvalue weighted by atomic mass is 10.0. The van der Waals surface area contributed by atoms with Crippen LogP contribution in [0.25, 0.3) is 11.4 Å². The molecule has 0 saturated carbocycles. The van der Waals surface area contributed by atoms with Crippen molar-refractivity contribution in [2.45, 2.75) is 19.0 Å². The number of nitrogens with one attached hydrogen (secondary N) is 2. The van der Waals surface area contributed by atoms with Gasteiger partial charge in [-0.2, -0.15) is 4.98 Å². The van der Waals surface area contributed by atoms with Crippen LogP contribution in [-0.2, 0) is 13.0 Å². The molecule has 1 unspecified atom stereocenters. The smallest absolute Gasteiger partial charge is 0.322 e. The Morgan fingerprint density at radius 2 is 1.97 bits per heavy atom. The largest absolute Gasteiger partial charge is 0.347 e. The van der Waals surface area contributed by atoms with Crippen LogP contribution >= 0.6 is 11.6 Å². The van der Waals surface area contributed by atoms with E-state index in [1.165, 1.54) is 12.1 Å². The molecule has 8 nitrogen and oxygen atoms in total.